The van der Waals surface area contributed by atoms with Crippen molar-refractivity contribution in [1.29, 1.82) is 0 Å². The van der Waals surface area contributed by atoms with E-state index in [0.717, 1.165) is 10.1 Å². The second kappa shape index (κ2) is 7.14. The molecule has 1 fully saturated rings. The lowest BCUT2D eigenvalue weighted by molar-refractivity contribution is -0.172. The Morgan fingerprint density at radius 1 is 1.52 bits per heavy atom. The Morgan fingerprint density at radius 3 is 2.85 bits per heavy atom. The Morgan fingerprint density at radius 2 is 2.30 bits per heavy atom. The lowest BCUT2D eigenvalue weighted by atomic mass is 10.0. The van der Waals surface area contributed by atoms with Crippen molar-refractivity contribution in [2.75, 3.05) is 11.9 Å². The van der Waals surface area contributed by atoms with Crippen LogP contribution in [0.3, 0.4) is 0 Å². The molecule has 0 saturated carbocycles. The summed E-state index contributed by atoms with van der Waals surface area (Å²) >= 11 is 0. The summed E-state index contributed by atoms with van der Waals surface area (Å²) in [5.74, 6) is 0.285. The lowest BCUT2D eigenvalue weighted by Crippen LogP contribution is -2.46. The molecule has 27 heavy (non-hydrogen) atoms. The van der Waals surface area contributed by atoms with Crippen molar-refractivity contribution in [2.45, 2.75) is 37.2 Å². The van der Waals surface area contributed by atoms with Crippen molar-refractivity contribution in [3.63, 3.8) is 0 Å². The summed E-state index contributed by atoms with van der Waals surface area (Å²) in [4.78, 5) is 23.8. The maximum absolute atomic E-state index is 14.8. The van der Waals surface area contributed by atoms with E-state index in [2.05, 4.69) is 27.0 Å². The molecule has 3 heterocycles. The van der Waals surface area contributed by atoms with Crippen LogP contribution in [0.2, 0.25) is 0 Å². The number of nitrogens with zero attached hydrogens (tertiary/aromatic N) is 4. The summed E-state index contributed by atoms with van der Waals surface area (Å²) in [7, 11) is 0. The second-order valence-corrected chi connectivity index (χ2v) is 6.34. The van der Waals surface area contributed by atoms with Gasteiger partial charge < -0.3 is 20.3 Å². The quantitative estimate of drug-likeness (QED) is 0.608. The van der Waals surface area contributed by atoms with Gasteiger partial charge in [-0.25, -0.2) is 9.18 Å². The first-order chi connectivity index (χ1) is 12.9. The number of hydrogen-bond acceptors (Lipinski definition) is 8. The van der Waals surface area contributed by atoms with Crippen molar-refractivity contribution in [3.05, 3.63) is 52.8 Å². The van der Waals surface area contributed by atoms with Crippen LogP contribution in [0.15, 0.2) is 46.6 Å². The summed E-state index contributed by atoms with van der Waals surface area (Å²) in [6, 6.07) is 5.13. The van der Waals surface area contributed by atoms with Gasteiger partial charge in [0.25, 0.3) is 0 Å². The van der Waals surface area contributed by atoms with E-state index in [-0.39, 0.29) is 5.82 Å². The number of aliphatic hydroxyl groups excluding tert-OH is 2. The molecule has 3 unspecified atom stereocenters. The van der Waals surface area contributed by atoms with E-state index < -0.39 is 36.0 Å². The number of alkyl halides is 1. The molecule has 1 aliphatic heterocycles. The zero-order chi connectivity index (χ0) is 19.7. The maximum atomic E-state index is 14.8. The van der Waals surface area contributed by atoms with Crippen molar-refractivity contribution in [3.8, 4) is 0 Å². The van der Waals surface area contributed by atoms with Gasteiger partial charge in [0.15, 0.2) is 11.9 Å². The number of rotatable bonds is 6. The van der Waals surface area contributed by atoms with Crippen LogP contribution in [0.4, 0.5) is 10.2 Å². The molecular formula is C17H20FN5O4. The molecule has 4 atom stereocenters. The van der Waals surface area contributed by atoms with E-state index in [4.69, 9.17) is 4.74 Å². The highest BCUT2D eigenvalue weighted by atomic mass is 19.1. The minimum atomic E-state index is -2.04. The number of nitrogens with one attached hydrogen (secondary N) is 1. The van der Waals surface area contributed by atoms with E-state index in [9.17, 15) is 19.4 Å². The number of aliphatic imine (C=N–C) groups is 1. The number of pyridine rings is 1. The molecule has 0 amide bonds. The van der Waals surface area contributed by atoms with Gasteiger partial charge in [-0.15, -0.1) is 0 Å². The fraction of sp³-hybridized carbons (Fsp3) is 0.412. The first-order valence-corrected chi connectivity index (χ1v) is 8.20. The molecule has 0 aliphatic carbocycles. The highest BCUT2D eigenvalue weighted by molar-refractivity contribution is 5.33. The van der Waals surface area contributed by atoms with E-state index in [1.54, 1.807) is 18.5 Å². The van der Waals surface area contributed by atoms with Crippen LogP contribution in [0.25, 0.3) is 0 Å². The Balaban J connectivity index is 1.85. The van der Waals surface area contributed by atoms with Gasteiger partial charge in [-0.2, -0.15) is 4.98 Å². The summed E-state index contributed by atoms with van der Waals surface area (Å²) in [5.41, 5.74) is -3.76. The van der Waals surface area contributed by atoms with Crippen LogP contribution in [0, 0.1) is 0 Å². The van der Waals surface area contributed by atoms with Gasteiger partial charge in [0, 0.05) is 25.1 Å². The van der Waals surface area contributed by atoms with Crippen LogP contribution in [-0.2, 0) is 17.0 Å². The zero-order valence-corrected chi connectivity index (χ0v) is 14.6. The van der Waals surface area contributed by atoms with Crippen molar-refractivity contribution in [2.24, 2.45) is 4.99 Å². The largest absolute Gasteiger partial charge is 0.391 e. The monoisotopic (exact) mass is 377 g/mol. The van der Waals surface area contributed by atoms with Crippen LogP contribution >= 0.6 is 0 Å². The SMILES string of the molecule is C=N[C@]1(CO)OC(C)(n2ccc(NCc3cccnc3)nc2=O)C(F)C1O. The molecule has 0 spiro atoms. The third-order valence-corrected chi connectivity index (χ3v) is 4.61. The van der Waals surface area contributed by atoms with E-state index in [1.807, 2.05) is 6.07 Å². The summed E-state index contributed by atoms with van der Waals surface area (Å²) in [6.45, 7) is 4.12. The highest BCUT2D eigenvalue weighted by Gasteiger charge is 2.62. The second-order valence-electron chi connectivity index (χ2n) is 6.34. The minimum Gasteiger partial charge on any atom is -0.391 e. The van der Waals surface area contributed by atoms with Gasteiger partial charge >= 0.3 is 5.69 Å². The average Bonchev–Trinajstić information content (AvgIpc) is 2.89. The Hall–Kier alpha value is -2.69. The normalized spacial score (nSPS) is 30.2. The predicted molar refractivity (Wildman–Crippen MR) is 95.1 cm³/mol. The number of ether oxygens (including phenoxy) is 1. The number of halogens is 1. The first-order valence-electron chi connectivity index (χ1n) is 8.20. The van der Waals surface area contributed by atoms with Gasteiger partial charge in [-0.05, 0) is 31.3 Å². The molecule has 0 radical (unpaired) electrons. The molecule has 3 N–H and O–H groups in total. The summed E-state index contributed by atoms with van der Waals surface area (Å²) in [5, 5.41) is 22.6. The summed E-state index contributed by atoms with van der Waals surface area (Å²) < 4.78 is 21.2. The highest BCUT2D eigenvalue weighted by Crippen LogP contribution is 2.43. The van der Waals surface area contributed by atoms with Crippen molar-refractivity contribution < 1.29 is 19.3 Å². The van der Waals surface area contributed by atoms with Crippen LogP contribution in [-0.4, -0.2) is 56.1 Å². The lowest BCUT2D eigenvalue weighted by Gasteiger charge is -2.30. The molecule has 1 aliphatic rings. The number of anilines is 1. The van der Waals surface area contributed by atoms with Gasteiger partial charge in [-0.3, -0.25) is 14.5 Å². The van der Waals surface area contributed by atoms with Crippen LogP contribution in [0.5, 0.6) is 0 Å². The van der Waals surface area contributed by atoms with Gasteiger partial charge in [0.05, 0.1) is 6.61 Å². The maximum Gasteiger partial charge on any atom is 0.351 e. The molecule has 2 aromatic rings. The molecule has 0 bridgehead atoms. The first kappa shape index (κ1) is 19.1. The summed E-state index contributed by atoms with van der Waals surface area (Å²) in [6.07, 6.45) is 0.797. The fourth-order valence-corrected chi connectivity index (χ4v) is 3.01. The molecule has 9 nitrogen and oxygen atoms in total. The number of aliphatic hydroxyl groups is 2. The molecule has 2 aromatic heterocycles. The van der Waals surface area contributed by atoms with Crippen molar-refractivity contribution in [1.82, 2.24) is 14.5 Å². The minimum absolute atomic E-state index is 0.285. The molecule has 3 rings (SSSR count). The third-order valence-electron chi connectivity index (χ3n) is 4.61. The van der Waals surface area contributed by atoms with Crippen LogP contribution in [0.1, 0.15) is 12.5 Å². The molecule has 1 saturated heterocycles. The topological polar surface area (TPSA) is 122 Å². The smallest absolute Gasteiger partial charge is 0.351 e. The molecule has 10 heteroatoms. The standard InChI is InChI=1S/C17H20FN5O4/c1-16(13(18)14(25)17(10-24,19-2)27-16)23-7-5-12(22-15(23)26)21-9-11-4-3-6-20-8-11/h3-8,13-14,24-25H,2,9-10H2,1H3,(H,21,22,26)/t13?,14?,16?,17-/m1/s1. The fourth-order valence-electron chi connectivity index (χ4n) is 3.01. The van der Waals surface area contributed by atoms with Crippen LogP contribution < -0.4 is 11.0 Å². The number of aromatic nitrogens is 3. The molecule has 144 valence electrons. The van der Waals surface area contributed by atoms with E-state index in [1.165, 1.54) is 19.2 Å². The Kier molecular flexibility index (Phi) is 5.05. The van der Waals surface area contributed by atoms with Gasteiger partial charge in [0.2, 0.25) is 5.72 Å². The molecule has 0 aromatic carbocycles. The Labute approximate surface area is 154 Å². The van der Waals surface area contributed by atoms with E-state index in [0.29, 0.717) is 6.54 Å². The van der Waals surface area contributed by atoms with E-state index >= 15 is 0 Å². The van der Waals surface area contributed by atoms with Gasteiger partial charge in [0.1, 0.15) is 11.9 Å². The van der Waals surface area contributed by atoms with Crippen molar-refractivity contribution >= 4 is 12.5 Å². The predicted octanol–water partition coefficient (Wildman–Crippen LogP) is 0.0415. The molecular weight excluding hydrogens is 357 g/mol. The van der Waals surface area contributed by atoms with Gasteiger partial charge in [-0.1, -0.05) is 6.07 Å². The Bertz CT molecular complexity index is 879. The average molecular weight is 377 g/mol. The zero-order valence-electron chi connectivity index (χ0n) is 14.6. The number of hydrogen-bond donors (Lipinski definition) is 3. The third kappa shape index (κ3) is 3.22.